The van der Waals surface area contributed by atoms with Crippen molar-refractivity contribution >= 4 is 11.6 Å². The van der Waals surface area contributed by atoms with Crippen LogP contribution in [0.5, 0.6) is 5.75 Å². The van der Waals surface area contributed by atoms with Crippen molar-refractivity contribution < 1.29 is 28.4 Å². The number of hydrogen-bond acceptors (Lipinski definition) is 8. The topological polar surface area (TPSA) is 119 Å². The lowest BCUT2D eigenvalue weighted by atomic mass is 10.1. The Balaban J connectivity index is 1.43. The normalized spacial score (nSPS) is 13.4. The third-order valence-electron chi connectivity index (χ3n) is 5.32. The number of carbonyl (C=O) groups is 1. The van der Waals surface area contributed by atoms with Crippen LogP contribution in [-0.2, 0) is 11.3 Å². The summed E-state index contributed by atoms with van der Waals surface area (Å²) in [5, 5.41) is 19.3. The predicted octanol–water partition coefficient (Wildman–Crippen LogP) is 3.79. The first-order valence-electron chi connectivity index (χ1n) is 11.5. The first kappa shape index (κ1) is 24.8. The molecule has 0 aliphatic carbocycles. The fraction of sp³-hybridized carbons (Fsp3) is 0.269. The number of hydrogen-bond donors (Lipinski definition) is 2. The quantitative estimate of drug-likeness (QED) is 0.413. The van der Waals surface area contributed by atoms with Gasteiger partial charge in [-0.05, 0) is 42.8 Å². The highest BCUT2D eigenvalue weighted by molar-refractivity contribution is 6.09. The molecule has 1 amide bonds. The second-order valence-electron chi connectivity index (χ2n) is 7.80. The summed E-state index contributed by atoms with van der Waals surface area (Å²) in [5.74, 6) is 0.784. The minimum absolute atomic E-state index is 0.0420. The highest BCUT2D eigenvalue weighted by atomic mass is 19.1. The summed E-state index contributed by atoms with van der Waals surface area (Å²) < 4.78 is 25.7. The molecule has 3 aromatic rings. The summed E-state index contributed by atoms with van der Waals surface area (Å²) in [7, 11) is 0. The molecule has 36 heavy (non-hydrogen) atoms. The average molecular weight is 493 g/mol. The van der Waals surface area contributed by atoms with Crippen LogP contribution in [0.1, 0.15) is 42.1 Å². The lowest BCUT2D eigenvalue weighted by molar-refractivity contribution is 0.0940. The van der Waals surface area contributed by atoms with E-state index >= 15 is 0 Å². The van der Waals surface area contributed by atoms with Crippen LogP contribution in [0.15, 0.2) is 69.7 Å². The van der Waals surface area contributed by atoms with Crippen molar-refractivity contribution in [3.63, 3.8) is 0 Å². The average Bonchev–Trinajstić information content (AvgIpc) is 3.40. The Bertz CT molecular complexity index is 1330. The minimum Gasteiger partial charge on any atom is -0.482 e. The standard InChI is InChI=1S/C26H25FN4O5/c1-3-22(34-18-8-5-16(6-9-18)25-29-24(4-2)36-31-25)23-12-11-21(30-35-23)17-7-10-19(20(27)15-17)26(33)28-13-14-32/h5-11,15,22,32H,3-4,13-14H2,1-2H3,(H,28,33). The zero-order chi connectivity index (χ0) is 25.5. The summed E-state index contributed by atoms with van der Waals surface area (Å²) in [4.78, 5) is 21.8. The van der Waals surface area contributed by atoms with E-state index in [1.54, 1.807) is 12.1 Å². The maximum absolute atomic E-state index is 14.4. The second kappa shape index (κ2) is 11.4. The summed E-state index contributed by atoms with van der Waals surface area (Å²) >= 11 is 0. The summed E-state index contributed by atoms with van der Waals surface area (Å²) in [6, 6.07) is 11.4. The molecule has 0 bridgehead atoms. The molecule has 0 fully saturated rings. The highest BCUT2D eigenvalue weighted by Gasteiger charge is 2.20. The molecule has 2 N–H and O–H groups in total. The van der Waals surface area contributed by atoms with Gasteiger partial charge in [0.15, 0.2) is 6.10 Å². The van der Waals surface area contributed by atoms with Gasteiger partial charge in [0.2, 0.25) is 17.5 Å². The molecule has 1 aliphatic rings. The summed E-state index contributed by atoms with van der Waals surface area (Å²) in [6.07, 6.45) is 2.40. The molecule has 1 unspecified atom stereocenters. The van der Waals surface area contributed by atoms with Gasteiger partial charge >= 0.3 is 0 Å². The number of aliphatic hydroxyl groups excluding tert-OH is 1. The van der Waals surface area contributed by atoms with Crippen LogP contribution in [0.4, 0.5) is 4.39 Å². The van der Waals surface area contributed by atoms with Crippen LogP contribution in [0.3, 0.4) is 0 Å². The van der Waals surface area contributed by atoms with Crippen molar-refractivity contribution in [1.29, 1.82) is 0 Å². The van der Waals surface area contributed by atoms with Crippen LogP contribution in [0.25, 0.3) is 11.4 Å². The molecule has 2 aromatic carbocycles. The predicted molar refractivity (Wildman–Crippen MR) is 129 cm³/mol. The molecule has 2 heterocycles. The van der Waals surface area contributed by atoms with E-state index in [0.717, 1.165) is 5.56 Å². The van der Waals surface area contributed by atoms with Gasteiger partial charge in [-0.2, -0.15) is 4.98 Å². The Morgan fingerprint density at radius 3 is 2.58 bits per heavy atom. The molecule has 186 valence electrons. The maximum atomic E-state index is 14.4. The Morgan fingerprint density at radius 2 is 1.97 bits per heavy atom. The number of nitrogens with one attached hydrogen (secondary N) is 1. The molecule has 0 saturated carbocycles. The molecular weight excluding hydrogens is 467 g/mol. The first-order valence-corrected chi connectivity index (χ1v) is 11.5. The third-order valence-corrected chi connectivity index (χ3v) is 5.32. The van der Waals surface area contributed by atoms with Crippen LogP contribution in [0.2, 0.25) is 0 Å². The molecule has 1 atom stereocenters. The number of aromatic nitrogens is 2. The fourth-order valence-electron chi connectivity index (χ4n) is 3.39. The van der Waals surface area contributed by atoms with Gasteiger partial charge in [-0.15, -0.1) is 0 Å². The van der Waals surface area contributed by atoms with Gasteiger partial charge in [0.05, 0.1) is 12.2 Å². The van der Waals surface area contributed by atoms with Crippen LogP contribution in [-0.4, -0.2) is 46.1 Å². The Kier molecular flexibility index (Phi) is 7.89. The number of aryl methyl sites for hydroxylation is 1. The number of ether oxygens (including phenoxy) is 1. The summed E-state index contributed by atoms with van der Waals surface area (Å²) in [5.41, 5.74) is 4.49. The lowest BCUT2D eigenvalue weighted by Gasteiger charge is -2.19. The number of carbonyl (C=O) groups excluding carboxylic acids is 1. The van der Waals surface area contributed by atoms with Crippen molar-refractivity contribution in [2.24, 2.45) is 5.16 Å². The van der Waals surface area contributed by atoms with Crippen molar-refractivity contribution in [1.82, 2.24) is 15.5 Å². The van der Waals surface area contributed by atoms with Gasteiger partial charge in [-0.3, -0.25) is 4.79 Å². The largest absolute Gasteiger partial charge is 0.482 e. The van der Waals surface area contributed by atoms with Crippen LogP contribution < -0.4 is 10.1 Å². The van der Waals surface area contributed by atoms with Crippen LogP contribution >= 0.6 is 0 Å². The molecule has 0 spiro atoms. The van der Waals surface area contributed by atoms with E-state index in [4.69, 9.17) is 19.2 Å². The lowest BCUT2D eigenvalue weighted by Crippen LogP contribution is -2.27. The fourth-order valence-corrected chi connectivity index (χ4v) is 3.39. The zero-order valence-corrected chi connectivity index (χ0v) is 19.8. The number of benzene rings is 2. The monoisotopic (exact) mass is 492 g/mol. The van der Waals surface area contributed by atoms with Gasteiger partial charge in [-0.1, -0.05) is 36.0 Å². The second-order valence-corrected chi connectivity index (χ2v) is 7.80. The first-order chi connectivity index (χ1) is 17.5. The molecule has 0 saturated heterocycles. The number of aliphatic hydroxyl groups is 1. The van der Waals surface area contributed by atoms with Crippen molar-refractivity contribution in [2.75, 3.05) is 13.2 Å². The molecular formula is C26H25FN4O5. The minimum atomic E-state index is -0.709. The number of rotatable bonds is 10. The van der Waals surface area contributed by atoms with Crippen molar-refractivity contribution in [2.45, 2.75) is 32.8 Å². The number of oxime groups is 1. The Hall–Kier alpha value is -4.27. The van der Waals surface area contributed by atoms with Gasteiger partial charge < -0.3 is 24.5 Å². The molecule has 1 aromatic heterocycles. The molecule has 4 rings (SSSR count). The smallest absolute Gasteiger partial charge is 0.254 e. The van der Waals surface area contributed by atoms with E-state index in [1.807, 2.05) is 38.1 Å². The number of amides is 1. The van der Waals surface area contributed by atoms with Gasteiger partial charge in [0, 0.05) is 30.2 Å². The van der Waals surface area contributed by atoms with Crippen LogP contribution in [0, 0.1) is 5.82 Å². The Labute approximate surface area is 206 Å². The molecule has 1 aliphatic heterocycles. The molecule has 0 radical (unpaired) electrons. The molecule has 10 heteroatoms. The van der Waals surface area contributed by atoms with E-state index in [9.17, 15) is 9.18 Å². The molecule has 9 nitrogen and oxygen atoms in total. The van der Waals surface area contributed by atoms with Gasteiger partial charge in [0.25, 0.3) is 5.91 Å². The number of halogens is 1. The van der Waals surface area contributed by atoms with Crippen molar-refractivity contribution in [3.8, 4) is 17.1 Å². The van der Waals surface area contributed by atoms with Gasteiger partial charge in [-0.25, -0.2) is 4.39 Å². The van der Waals surface area contributed by atoms with E-state index in [0.29, 0.717) is 47.3 Å². The van der Waals surface area contributed by atoms with Gasteiger partial charge in [0.1, 0.15) is 17.3 Å². The van der Waals surface area contributed by atoms with E-state index in [2.05, 4.69) is 26.3 Å². The highest BCUT2D eigenvalue weighted by Crippen LogP contribution is 2.24. The van der Waals surface area contributed by atoms with E-state index < -0.39 is 17.8 Å². The van der Waals surface area contributed by atoms with E-state index in [-0.39, 0.29) is 18.7 Å². The zero-order valence-electron chi connectivity index (χ0n) is 19.8. The summed E-state index contributed by atoms with van der Waals surface area (Å²) in [6.45, 7) is 3.70. The SMILES string of the molecule is CCc1nc(-c2ccc(OC(CC)C3=C=CC(c4ccc(C(=O)NCCO)c(F)c4)=NO3)cc2)no1. The number of nitrogens with zero attached hydrogens (tertiary/aromatic N) is 3. The Morgan fingerprint density at radius 1 is 1.19 bits per heavy atom. The third kappa shape index (κ3) is 5.68. The van der Waals surface area contributed by atoms with E-state index in [1.165, 1.54) is 12.1 Å². The maximum Gasteiger partial charge on any atom is 0.254 e. The van der Waals surface area contributed by atoms with Crippen molar-refractivity contribution in [3.05, 3.63) is 82.9 Å².